The first-order chi connectivity index (χ1) is 16.0. The zero-order valence-electron chi connectivity index (χ0n) is 18.7. The Labute approximate surface area is 197 Å². The summed E-state index contributed by atoms with van der Waals surface area (Å²) >= 11 is 1.36. The molecule has 2 aromatic rings. The van der Waals surface area contributed by atoms with Crippen LogP contribution in [0, 0.1) is 11.3 Å². The quantitative estimate of drug-likeness (QED) is 0.426. The first-order valence-electron chi connectivity index (χ1n) is 10.7. The van der Waals surface area contributed by atoms with Crippen LogP contribution in [0.25, 0.3) is 6.08 Å². The molecule has 9 heteroatoms. The number of amides is 2. The largest absolute Gasteiger partial charge is 0.493 e. The molecule has 2 N–H and O–H groups in total. The van der Waals surface area contributed by atoms with E-state index in [-0.39, 0.29) is 12.0 Å². The van der Waals surface area contributed by atoms with Crippen molar-refractivity contribution in [1.82, 2.24) is 5.32 Å². The van der Waals surface area contributed by atoms with E-state index < -0.39 is 6.09 Å². The molecule has 1 atom stereocenters. The topological polar surface area (TPSA) is 110 Å². The maximum absolute atomic E-state index is 12.5. The molecule has 33 heavy (non-hydrogen) atoms. The number of para-hydroxylation sites is 1. The number of thiophene rings is 1. The van der Waals surface area contributed by atoms with Crippen LogP contribution in [-0.2, 0) is 27.1 Å². The number of rotatable bonds is 9. The third-order valence-corrected chi connectivity index (χ3v) is 6.22. The number of nitrogens with one attached hydrogen (secondary N) is 2. The van der Waals surface area contributed by atoms with Crippen LogP contribution in [0.4, 0.5) is 9.80 Å². The van der Waals surface area contributed by atoms with Gasteiger partial charge in [-0.3, -0.25) is 4.79 Å². The monoisotopic (exact) mass is 469 g/mol. The van der Waals surface area contributed by atoms with Gasteiger partial charge in [0.2, 0.25) is 5.91 Å². The lowest BCUT2D eigenvalue weighted by molar-refractivity contribution is -0.111. The van der Waals surface area contributed by atoms with Crippen LogP contribution < -0.4 is 15.4 Å². The Morgan fingerprint density at radius 3 is 2.91 bits per heavy atom. The Balaban J connectivity index is 1.65. The summed E-state index contributed by atoms with van der Waals surface area (Å²) in [6.45, 7) is 3.22. The zero-order chi connectivity index (χ0) is 23.6. The molecule has 0 bridgehead atoms. The molecule has 1 aromatic heterocycles. The molecule has 1 unspecified atom stereocenters. The van der Waals surface area contributed by atoms with E-state index in [9.17, 15) is 14.9 Å². The second-order valence-corrected chi connectivity index (χ2v) is 8.41. The second-order valence-electron chi connectivity index (χ2n) is 7.30. The lowest BCUT2D eigenvalue weighted by atomic mass is 9.94. The van der Waals surface area contributed by atoms with Crippen molar-refractivity contribution in [2.24, 2.45) is 0 Å². The van der Waals surface area contributed by atoms with Gasteiger partial charge in [0.25, 0.3) is 0 Å². The minimum absolute atomic E-state index is 0.274. The lowest BCUT2D eigenvalue weighted by Crippen LogP contribution is -2.33. The smallest absolute Gasteiger partial charge is 0.407 e. The average Bonchev–Trinajstić information content (AvgIpc) is 3.14. The van der Waals surface area contributed by atoms with Gasteiger partial charge in [0, 0.05) is 36.6 Å². The van der Waals surface area contributed by atoms with Gasteiger partial charge in [-0.2, -0.15) is 5.26 Å². The van der Waals surface area contributed by atoms with Crippen LogP contribution in [0.3, 0.4) is 0 Å². The van der Waals surface area contributed by atoms with E-state index >= 15 is 0 Å². The minimum atomic E-state index is -0.483. The Morgan fingerprint density at radius 1 is 1.33 bits per heavy atom. The van der Waals surface area contributed by atoms with Gasteiger partial charge in [0.05, 0.1) is 18.8 Å². The van der Waals surface area contributed by atoms with E-state index in [0.717, 1.165) is 16.0 Å². The summed E-state index contributed by atoms with van der Waals surface area (Å²) in [6, 6.07) is 9.67. The number of anilines is 1. The van der Waals surface area contributed by atoms with Gasteiger partial charge in [-0.25, -0.2) is 4.79 Å². The van der Waals surface area contributed by atoms with Gasteiger partial charge in [0.15, 0.2) is 0 Å². The number of carbonyl (C=O) groups is 2. The normalized spacial score (nSPS) is 14.9. The molecule has 8 nitrogen and oxygen atoms in total. The summed E-state index contributed by atoms with van der Waals surface area (Å²) in [5.41, 5.74) is 2.20. The Morgan fingerprint density at radius 2 is 2.15 bits per heavy atom. The third-order valence-electron chi connectivity index (χ3n) is 5.05. The first kappa shape index (κ1) is 24.3. The number of methoxy groups -OCH3 is 1. The molecular weight excluding hydrogens is 442 g/mol. The summed E-state index contributed by atoms with van der Waals surface area (Å²) in [4.78, 5) is 25.4. The molecule has 1 aliphatic carbocycles. The number of alkyl carbamates (subject to hydrolysis) is 1. The molecule has 1 heterocycles. The van der Waals surface area contributed by atoms with E-state index in [2.05, 4.69) is 16.7 Å². The van der Waals surface area contributed by atoms with Crippen molar-refractivity contribution in [3.05, 3.63) is 51.9 Å². The molecule has 0 saturated heterocycles. The number of hydrogen-bond donors (Lipinski definition) is 2. The van der Waals surface area contributed by atoms with Gasteiger partial charge < -0.3 is 24.8 Å². The molecule has 0 radical (unpaired) electrons. The van der Waals surface area contributed by atoms with E-state index in [1.165, 1.54) is 17.4 Å². The molecule has 1 aromatic carbocycles. The number of hydrogen-bond acceptors (Lipinski definition) is 7. The summed E-state index contributed by atoms with van der Waals surface area (Å²) in [6.07, 6.45) is 4.10. The zero-order valence-corrected chi connectivity index (χ0v) is 19.5. The number of nitriles is 1. The molecule has 3 rings (SSSR count). The number of fused-ring (bicyclic) bond motifs is 1. The third kappa shape index (κ3) is 6.57. The van der Waals surface area contributed by atoms with Gasteiger partial charge >= 0.3 is 6.09 Å². The molecule has 174 valence electrons. The average molecular weight is 470 g/mol. The molecule has 2 amide bonds. The maximum Gasteiger partial charge on any atom is 0.407 e. The maximum atomic E-state index is 12.5. The summed E-state index contributed by atoms with van der Waals surface area (Å²) in [5.74, 6) is 0.368. The highest BCUT2D eigenvalue weighted by Crippen LogP contribution is 2.38. The SMILES string of the molecule is CCOc1ccccc1C=CC(=O)Nc1sc2c(c1C#N)CCC(OC(=O)NCCOC)C2. The van der Waals surface area contributed by atoms with Gasteiger partial charge in [-0.05, 0) is 37.5 Å². The van der Waals surface area contributed by atoms with Crippen molar-refractivity contribution < 1.29 is 23.8 Å². The molecular formula is C24H27N3O5S. The van der Waals surface area contributed by atoms with Crippen LogP contribution in [-0.4, -0.2) is 45.0 Å². The molecule has 0 saturated carbocycles. The minimum Gasteiger partial charge on any atom is -0.493 e. The predicted octanol–water partition coefficient (Wildman–Crippen LogP) is 3.90. The molecule has 0 fully saturated rings. The van der Waals surface area contributed by atoms with E-state index in [1.54, 1.807) is 13.2 Å². The second kappa shape index (κ2) is 12.0. The highest BCUT2D eigenvalue weighted by Gasteiger charge is 2.28. The van der Waals surface area contributed by atoms with E-state index in [1.807, 2.05) is 31.2 Å². The molecule has 0 spiro atoms. The number of ether oxygens (including phenoxy) is 3. The van der Waals surface area contributed by atoms with E-state index in [4.69, 9.17) is 14.2 Å². The Bertz CT molecular complexity index is 1060. The molecule has 1 aliphatic rings. The Kier molecular flexibility index (Phi) is 8.87. The number of carbonyl (C=O) groups excluding carboxylic acids is 2. The first-order valence-corrected chi connectivity index (χ1v) is 11.6. The van der Waals surface area contributed by atoms with Gasteiger partial charge in [-0.1, -0.05) is 18.2 Å². The standard InChI is InChI=1S/C24H27N3O5S/c1-3-31-20-7-5-4-6-16(20)8-11-22(28)27-23-19(15-25)18-10-9-17(14-21(18)33-23)32-24(29)26-12-13-30-2/h4-8,11,17H,3,9-10,12-14H2,1-2H3,(H,26,29)(H,27,28). The van der Waals surface area contributed by atoms with Crippen LogP contribution in [0.15, 0.2) is 30.3 Å². The van der Waals surface area contributed by atoms with Crippen molar-refractivity contribution >= 4 is 34.4 Å². The summed E-state index contributed by atoms with van der Waals surface area (Å²) in [7, 11) is 1.56. The van der Waals surface area contributed by atoms with Crippen LogP contribution >= 0.6 is 11.3 Å². The van der Waals surface area contributed by atoms with Crippen LogP contribution in [0.2, 0.25) is 0 Å². The van der Waals surface area contributed by atoms with E-state index in [0.29, 0.717) is 55.3 Å². The summed E-state index contributed by atoms with van der Waals surface area (Å²) in [5, 5.41) is 15.7. The highest BCUT2D eigenvalue weighted by molar-refractivity contribution is 7.16. The predicted molar refractivity (Wildman–Crippen MR) is 126 cm³/mol. The van der Waals surface area contributed by atoms with Gasteiger partial charge in [0.1, 0.15) is 22.9 Å². The number of benzene rings is 1. The fraction of sp³-hybridized carbons (Fsp3) is 0.375. The highest BCUT2D eigenvalue weighted by atomic mass is 32.1. The fourth-order valence-corrected chi connectivity index (χ4v) is 4.80. The fourth-order valence-electron chi connectivity index (χ4n) is 3.54. The van der Waals surface area contributed by atoms with Gasteiger partial charge in [-0.15, -0.1) is 11.3 Å². The Hall–Kier alpha value is -3.35. The summed E-state index contributed by atoms with van der Waals surface area (Å²) < 4.78 is 16.0. The van der Waals surface area contributed by atoms with Crippen molar-refractivity contribution in [1.29, 1.82) is 5.26 Å². The lowest BCUT2D eigenvalue weighted by Gasteiger charge is -2.22. The van der Waals surface area contributed by atoms with Crippen molar-refractivity contribution in [2.45, 2.75) is 32.3 Å². The number of nitrogens with zero attached hydrogens (tertiary/aromatic N) is 1. The van der Waals surface area contributed by atoms with Crippen LogP contribution in [0.1, 0.15) is 34.9 Å². The molecule has 0 aliphatic heterocycles. The van der Waals surface area contributed by atoms with Crippen molar-refractivity contribution in [3.8, 4) is 11.8 Å². The van der Waals surface area contributed by atoms with Crippen molar-refractivity contribution in [2.75, 3.05) is 32.2 Å². The van der Waals surface area contributed by atoms with Crippen molar-refractivity contribution in [3.63, 3.8) is 0 Å². The van der Waals surface area contributed by atoms with Crippen LogP contribution in [0.5, 0.6) is 5.75 Å².